The van der Waals surface area contributed by atoms with Gasteiger partial charge >= 0.3 is 0 Å². The highest BCUT2D eigenvalue weighted by atomic mass is 14.8. The summed E-state index contributed by atoms with van der Waals surface area (Å²) in [5, 5.41) is 0. The smallest absolute Gasteiger partial charge is 0.0431 e. The van der Waals surface area contributed by atoms with Crippen molar-refractivity contribution in [2.24, 2.45) is 10.9 Å². The van der Waals surface area contributed by atoms with Gasteiger partial charge in [-0.1, -0.05) is 33.1 Å². The van der Waals surface area contributed by atoms with Crippen LogP contribution in [0.2, 0.25) is 0 Å². The first-order valence-corrected chi connectivity index (χ1v) is 4.12. The quantitative estimate of drug-likeness (QED) is 0.445. The number of hydrogen-bond acceptors (Lipinski definition) is 1. The van der Waals surface area contributed by atoms with E-state index in [9.17, 15) is 0 Å². The summed E-state index contributed by atoms with van der Waals surface area (Å²) < 4.78 is 0. The molecule has 0 heterocycles. The molecule has 0 saturated carbocycles. The topological polar surface area (TPSA) is 12.4 Å². The molecular formula is C11H17N. The lowest BCUT2D eigenvalue weighted by Crippen LogP contribution is -1.94. The van der Waals surface area contributed by atoms with Gasteiger partial charge in [0.15, 0.2) is 0 Å². The molecule has 1 nitrogen and oxygen atoms in total. The van der Waals surface area contributed by atoms with Gasteiger partial charge in [-0.25, -0.2) is 0 Å². The van der Waals surface area contributed by atoms with Crippen LogP contribution in [0, 0.1) is 5.92 Å². The van der Waals surface area contributed by atoms with Crippen molar-refractivity contribution in [3.8, 4) is 0 Å². The molecule has 0 spiro atoms. The zero-order valence-corrected chi connectivity index (χ0v) is 8.17. The first-order valence-electron chi connectivity index (χ1n) is 4.12. The molecule has 0 atom stereocenters. The van der Waals surface area contributed by atoms with Crippen LogP contribution in [0.4, 0.5) is 0 Å². The van der Waals surface area contributed by atoms with Crippen LogP contribution in [0.5, 0.6) is 0 Å². The number of allylic oxidation sites excluding steroid dienone is 4. The molecule has 12 heavy (non-hydrogen) atoms. The van der Waals surface area contributed by atoms with Crippen molar-refractivity contribution in [1.82, 2.24) is 0 Å². The second-order valence-electron chi connectivity index (χ2n) is 2.94. The lowest BCUT2D eigenvalue weighted by Gasteiger charge is -2.04. The second-order valence-corrected chi connectivity index (χ2v) is 2.94. The first-order chi connectivity index (χ1) is 5.61. The molecule has 0 aromatic carbocycles. The third-order valence-electron chi connectivity index (χ3n) is 1.48. The zero-order chi connectivity index (χ0) is 9.56. The van der Waals surface area contributed by atoms with Crippen LogP contribution in [-0.4, -0.2) is 5.71 Å². The molecule has 0 saturated heterocycles. The van der Waals surface area contributed by atoms with Crippen LogP contribution in [-0.2, 0) is 0 Å². The fourth-order valence-corrected chi connectivity index (χ4v) is 0.729. The molecule has 0 aliphatic rings. The van der Waals surface area contributed by atoms with Crippen LogP contribution in [0.3, 0.4) is 0 Å². The van der Waals surface area contributed by atoms with Crippen LogP contribution in [0.1, 0.15) is 20.8 Å². The number of hydrogen-bond donors (Lipinski definition) is 0. The Hall–Kier alpha value is -1.11. The number of rotatable bonds is 4. The van der Waals surface area contributed by atoms with Gasteiger partial charge in [0.1, 0.15) is 0 Å². The summed E-state index contributed by atoms with van der Waals surface area (Å²) >= 11 is 0. The Labute approximate surface area is 75.2 Å². The van der Waals surface area contributed by atoms with Gasteiger partial charge in [0.25, 0.3) is 0 Å². The van der Waals surface area contributed by atoms with E-state index in [0.717, 1.165) is 11.4 Å². The Balaban J connectivity index is 4.65. The van der Waals surface area contributed by atoms with Crippen molar-refractivity contribution >= 4 is 5.71 Å². The molecule has 0 amide bonds. The van der Waals surface area contributed by atoms with E-state index in [1.165, 1.54) is 0 Å². The van der Waals surface area contributed by atoms with Gasteiger partial charge in [0.2, 0.25) is 0 Å². The van der Waals surface area contributed by atoms with Gasteiger partial charge < -0.3 is 0 Å². The highest BCUT2D eigenvalue weighted by Gasteiger charge is 1.99. The van der Waals surface area contributed by atoms with Gasteiger partial charge in [-0.05, 0) is 25.0 Å². The summed E-state index contributed by atoms with van der Waals surface area (Å²) in [7, 11) is 0. The fraction of sp³-hybridized carbons (Fsp3) is 0.364. The third kappa shape index (κ3) is 3.91. The van der Waals surface area contributed by atoms with E-state index in [1.807, 2.05) is 13.0 Å². The van der Waals surface area contributed by atoms with E-state index in [0.29, 0.717) is 5.92 Å². The normalized spacial score (nSPS) is 13.3. The Morgan fingerprint density at radius 1 is 1.33 bits per heavy atom. The second kappa shape index (κ2) is 5.53. The summed E-state index contributed by atoms with van der Waals surface area (Å²) in [6.07, 6.45) is 5.44. The van der Waals surface area contributed by atoms with E-state index < -0.39 is 0 Å². The summed E-state index contributed by atoms with van der Waals surface area (Å²) in [5.74, 6) is 0.429. The molecular weight excluding hydrogens is 146 g/mol. The average molecular weight is 163 g/mol. The Bertz CT molecular complexity index is 219. The van der Waals surface area contributed by atoms with E-state index >= 15 is 0 Å². The molecule has 0 aromatic rings. The maximum Gasteiger partial charge on any atom is 0.0431 e. The average Bonchev–Trinajstić information content (AvgIpc) is 2.03. The predicted molar refractivity (Wildman–Crippen MR) is 56.4 cm³/mol. The van der Waals surface area contributed by atoms with Gasteiger partial charge in [-0.15, -0.1) is 0 Å². The summed E-state index contributed by atoms with van der Waals surface area (Å²) in [6, 6.07) is 0. The molecule has 0 aliphatic heterocycles. The monoisotopic (exact) mass is 163 g/mol. The molecule has 0 fully saturated rings. The van der Waals surface area contributed by atoms with Gasteiger partial charge in [0, 0.05) is 11.4 Å². The zero-order valence-electron chi connectivity index (χ0n) is 8.17. The fourth-order valence-electron chi connectivity index (χ4n) is 0.729. The lowest BCUT2D eigenvalue weighted by atomic mass is 10.1. The molecule has 1 heteroatoms. The maximum absolute atomic E-state index is 4.37. The molecule has 0 bridgehead atoms. The van der Waals surface area contributed by atoms with E-state index in [4.69, 9.17) is 0 Å². The van der Waals surface area contributed by atoms with E-state index in [2.05, 4.69) is 32.0 Å². The van der Waals surface area contributed by atoms with Crippen LogP contribution in [0.25, 0.3) is 0 Å². The molecule has 0 aliphatic carbocycles. The SMILES string of the molecule is C=C/C=C(\N=C(C)C=C)C(C)C. The molecule has 66 valence electrons. The Morgan fingerprint density at radius 2 is 1.92 bits per heavy atom. The van der Waals surface area contributed by atoms with Crippen LogP contribution < -0.4 is 0 Å². The minimum atomic E-state index is 0.429. The largest absolute Gasteiger partial charge is 0.258 e. The minimum Gasteiger partial charge on any atom is -0.258 e. The first kappa shape index (κ1) is 10.9. The summed E-state index contributed by atoms with van der Waals surface area (Å²) in [4.78, 5) is 4.37. The van der Waals surface area contributed by atoms with Crippen molar-refractivity contribution < 1.29 is 0 Å². The van der Waals surface area contributed by atoms with Gasteiger partial charge in [0.05, 0.1) is 0 Å². The predicted octanol–water partition coefficient (Wildman–Crippen LogP) is 3.36. The highest BCUT2D eigenvalue weighted by molar-refractivity contribution is 5.92. The number of aliphatic imine (C=N–C) groups is 1. The molecule has 0 unspecified atom stereocenters. The van der Waals surface area contributed by atoms with E-state index in [1.54, 1.807) is 12.2 Å². The summed E-state index contributed by atoms with van der Waals surface area (Å²) in [5.41, 5.74) is 1.99. The number of nitrogens with zero attached hydrogens (tertiary/aromatic N) is 1. The van der Waals surface area contributed by atoms with Crippen molar-refractivity contribution in [3.63, 3.8) is 0 Å². The highest BCUT2D eigenvalue weighted by Crippen LogP contribution is 2.11. The molecule has 0 N–H and O–H groups in total. The molecule has 0 radical (unpaired) electrons. The van der Waals surface area contributed by atoms with E-state index in [-0.39, 0.29) is 0 Å². The van der Waals surface area contributed by atoms with Gasteiger partial charge in [-0.3, -0.25) is 4.99 Å². The van der Waals surface area contributed by atoms with Crippen LogP contribution >= 0.6 is 0 Å². The third-order valence-corrected chi connectivity index (χ3v) is 1.48. The standard InChI is InChI=1S/C11H17N/c1-6-8-11(9(3)4)12-10(5)7-2/h6-9H,1-2H2,3-5H3/b11-8-,12-10?. The van der Waals surface area contributed by atoms with Crippen molar-refractivity contribution in [2.75, 3.05) is 0 Å². The molecule has 0 aromatic heterocycles. The Kier molecular flexibility index (Phi) is 5.02. The molecule has 0 rings (SSSR count). The van der Waals surface area contributed by atoms with Crippen molar-refractivity contribution in [3.05, 3.63) is 37.1 Å². The Morgan fingerprint density at radius 3 is 2.25 bits per heavy atom. The van der Waals surface area contributed by atoms with Crippen molar-refractivity contribution in [1.29, 1.82) is 0 Å². The van der Waals surface area contributed by atoms with Crippen LogP contribution in [0.15, 0.2) is 42.1 Å². The minimum absolute atomic E-state index is 0.429. The summed E-state index contributed by atoms with van der Waals surface area (Å²) in [6.45, 7) is 13.4. The van der Waals surface area contributed by atoms with Gasteiger partial charge in [-0.2, -0.15) is 0 Å². The lowest BCUT2D eigenvalue weighted by molar-refractivity contribution is 0.758. The van der Waals surface area contributed by atoms with Crippen molar-refractivity contribution in [2.45, 2.75) is 20.8 Å². The maximum atomic E-state index is 4.37.